The number of H-pyrrole nitrogens is 1. The van der Waals surface area contributed by atoms with E-state index in [1.54, 1.807) is 42.5 Å². The average Bonchev–Trinajstić information content (AvgIpc) is 2.57. The fraction of sp³-hybridized carbons (Fsp3) is 0. The summed E-state index contributed by atoms with van der Waals surface area (Å²) in [7, 11) is 0. The summed E-state index contributed by atoms with van der Waals surface area (Å²) < 4.78 is 0.973. The van der Waals surface area contributed by atoms with Crippen molar-refractivity contribution in [2.24, 2.45) is 0 Å². The average molecular weight is 447 g/mol. The number of hydrogen-bond donors (Lipinski definition) is 2. The van der Waals surface area contributed by atoms with Gasteiger partial charge in [0.2, 0.25) is 0 Å². The van der Waals surface area contributed by atoms with Crippen LogP contribution in [0.2, 0.25) is 0 Å². The molecule has 1 heterocycles. The third-order valence-corrected chi connectivity index (χ3v) is 4.55. The van der Waals surface area contributed by atoms with Gasteiger partial charge in [0.1, 0.15) is 11.8 Å². The molecule has 7 heteroatoms. The Morgan fingerprint density at radius 3 is 2.58 bits per heavy atom. The summed E-state index contributed by atoms with van der Waals surface area (Å²) in [6.45, 7) is 0. The molecule has 3 aromatic rings. The van der Waals surface area contributed by atoms with Gasteiger partial charge in [-0.25, -0.2) is 4.98 Å². The number of aromatic hydroxyl groups is 1. The molecule has 0 aliphatic carbocycles. The van der Waals surface area contributed by atoms with Crippen LogP contribution in [0.1, 0.15) is 11.4 Å². The summed E-state index contributed by atoms with van der Waals surface area (Å²) >= 11 is 6.49. The number of aromatic amines is 1. The van der Waals surface area contributed by atoms with Crippen molar-refractivity contribution in [3.05, 3.63) is 67.1 Å². The molecule has 3 rings (SSSR count). The fourth-order valence-corrected chi connectivity index (χ4v) is 3.42. The number of phenolic OH excluding ortho intramolecular Hbond substituents is 1. The minimum atomic E-state index is -0.301. The molecule has 0 amide bonds. The Morgan fingerprint density at radius 1 is 1.25 bits per heavy atom. The molecule has 0 unspecified atom stereocenters. The summed E-state index contributed by atoms with van der Waals surface area (Å²) in [5.41, 5.74) is 1.09. The van der Waals surface area contributed by atoms with Gasteiger partial charge in [0.05, 0.1) is 25.4 Å². The normalized spacial score (nSPS) is 11.5. The molecule has 5 nitrogen and oxygen atoms in total. The molecule has 2 N–H and O–H groups in total. The Labute approximate surface area is 153 Å². The summed E-state index contributed by atoms with van der Waals surface area (Å²) in [6.07, 6.45) is 1.59. The number of nitrogens with zero attached hydrogens (tertiary/aromatic N) is 2. The number of fused-ring (bicyclic) bond motifs is 1. The van der Waals surface area contributed by atoms with E-state index in [1.165, 1.54) is 0 Å². The second-order valence-corrected chi connectivity index (χ2v) is 6.64. The molecule has 24 heavy (non-hydrogen) atoms. The molecule has 0 spiro atoms. The molecule has 1 aromatic heterocycles. The summed E-state index contributed by atoms with van der Waals surface area (Å²) in [6, 6.07) is 12.3. The summed E-state index contributed by atoms with van der Waals surface area (Å²) in [5.74, 6) is 0.268. The van der Waals surface area contributed by atoms with E-state index < -0.39 is 0 Å². The quantitative estimate of drug-likeness (QED) is 0.576. The van der Waals surface area contributed by atoms with Crippen LogP contribution in [0.3, 0.4) is 0 Å². The van der Waals surface area contributed by atoms with E-state index in [9.17, 15) is 15.2 Å². The van der Waals surface area contributed by atoms with Crippen molar-refractivity contribution in [3.8, 4) is 11.8 Å². The van der Waals surface area contributed by atoms with E-state index >= 15 is 0 Å². The number of nitrogens with one attached hydrogen (secondary N) is 1. The number of para-hydroxylation sites is 1. The van der Waals surface area contributed by atoms with Crippen LogP contribution in [-0.4, -0.2) is 15.1 Å². The number of allylic oxidation sites excluding steroid dienone is 1. The number of benzene rings is 2. The van der Waals surface area contributed by atoms with Crippen molar-refractivity contribution in [1.29, 1.82) is 5.26 Å². The standard InChI is InChI=1S/C17H9Br2N3O2/c18-12-6-9(7-13(19)15(12)23)5-10(8-20)16-21-14-4-2-1-3-11(14)17(24)22-16/h1-7,23H,(H,21,22,24)/b10-5-. The van der Waals surface area contributed by atoms with Crippen LogP contribution in [0.25, 0.3) is 22.6 Å². The highest BCUT2D eigenvalue weighted by atomic mass is 79.9. The molecule has 0 radical (unpaired) electrons. The molecule has 118 valence electrons. The zero-order valence-electron chi connectivity index (χ0n) is 12.0. The monoisotopic (exact) mass is 445 g/mol. The molecule has 0 atom stereocenters. The smallest absolute Gasteiger partial charge is 0.259 e. The maximum absolute atomic E-state index is 12.1. The first-order valence-corrected chi connectivity index (χ1v) is 8.37. The largest absolute Gasteiger partial charge is 0.506 e. The van der Waals surface area contributed by atoms with Gasteiger partial charge in [-0.3, -0.25) is 4.79 Å². The van der Waals surface area contributed by atoms with Gasteiger partial charge < -0.3 is 10.1 Å². The van der Waals surface area contributed by atoms with Gasteiger partial charge >= 0.3 is 0 Å². The summed E-state index contributed by atoms with van der Waals surface area (Å²) in [5, 5.41) is 19.7. The van der Waals surface area contributed by atoms with Crippen molar-refractivity contribution in [2.45, 2.75) is 0 Å². The van der Waals surface area contributed by atoms with E-state index in [0.717, 1.165) is 0 Å². The number of nitriles is 1. The fourth-order valence-electron chi connectivity index (χ4n) is 2.20. The van der Waals surface area contributed by atoms with Crippen molar-refractivity contribution in [3.63, 3.8) is 0 Å². The minimum Gasteiger partial charge on any atom is -0.506 e. The molecular weight excluding hydrogens is 438 g/mol. The molecule has 0 bridgehead atoms. The molecule has 2 aromatic carbocycles. The Morgan fingerprint density at radius 2 is 1.92 bits per heavy atom. The van der Waals surface area contributed by atoms with Crippen LogP contribution in [0.15, 0.2) is 50.1 Å². The lowest BCUT2D eigenvalue weighted by Crippen LogP contribution is -2.11. The minimum absolute atomic E-state index is 0.0721. The number of phenols is 1. The number of aromatic nitrogens is 2. The van der Waals surface area contributed by atoms with Crippen molar-refractivity contribution in [1.82, 2.24) is 9.97 Å². The highest BCUT2D eigenvalue weighted by Gasteiger charge is 2.10. The molecular formula is C17H9Br2N3O2. The number of rotatable bonds is 2. The Hall–Kier alpha value is -2.43. The lowest BCUT2D eigenvalue weighted by molar-refractivity contribution is 0.468. The van der Waals surface area contributed by atoms with Gasteiger partial charge in [-0.2, -0.15) is 5.26 Å². The SMILES string of the molecule is N#C/C(=C/c1cc(Br)c(O)c(Br)c1)c1nc2ccccc2c(=O)[nH]1. The van der Waals surface area contributed by atoms with Gasteiger partial charge in [0.15, 0.2) is 5.82 Å². The second kappa shape index (κ2) is 6.59. The number of hydrogen-bond acceptors (Lipinski definition) is 4. The van der Waals surface area contributed by atoms with E-state index in [2.05, 4.69) is 41.8 Å². The zero-order valence-corrected chi connectivity index (χ0v) is 15.2. The van der Waals surface area contributed by atoms with Crippen molar-refractivity contribution >= 4 is 54.4 Å². The van der Waals surface area contributed by atoms with E-state index in [-0.39, 0.29) is 22.7 Å². The van der Waals surface area contributed by atoms with Gasteiger partial charge in [-0.1, -0.05) is 12.1 Å². The van der Waals surface area contributed by atoms with E-state index in [1.807, 2.05) is 6.07 Å². The Kier molecular flexibility index (Phi) is 4.51. The van der Waals surface area contributed by atoms with E-state index in [0.29, 0.717) is 25.4 Å². The van der Waals surface area contributed by atoms with Crippen molar-refractivity contribution in [2.75, 3.05) is 0 Å². The lowest BCUT2D eigenvalue weighted by Gasteiger charge is -2.04. The maximum atomic E-state index is 12.1. The molecule has 0 fully saturated rings. The summed E-state index contributed by atoms with van der Waals surface area (Å²) in [4.78, 5) is 19.1. The van der Waals surface area contributed by atoms with Crippen LogP contribution in [-0.2, 0) is 0 Å². The first-order chi connectivity index (χ1) is 11.5. The van der Waals surface area contributed by atoms with Gasteiger partial charge in [-0.05, 0) is 67.8 Å². The van der Waals surface area contributed by atoms with Gasteiger partial charge in [-0.15, -0.1) is 0 Å². The van der Waals surface area contributed by atoms with Gasteiger partial charge in [0, 0.05) is 0 Å². The van der Waals surface area contributed by atoms with Gasteiger partial charge in [0.25, 0.3) is 5.56 Å². The molecule has 0 saturated heterocycles. The molecule has 0 aliphatic heterocycles. The van der Waals surface area contributed by atoms with Crippen molar-refractivity contribution < 1.29 is 5.11 Å². The predicted molar refractivity (Wildman–Crippen MR) is 99.4 cm³/mol. The first-order valence-electron chi connectivity index (χ1n) is 6.79. The Balaban J connectivity index is 2.16. The van der Waals surface area contributed by atoms with E-state index in [4.69, 9.17) is 0 Å². The molecule has 0 saturated carbocycles. The maximum Gasteiger partial charge on any atom is 0.259 e. The highest BCUT2D eigenvalue weighted by molar-refractivity contribution is 9.11. The third-order valence-electron chi connectivity index (χ3n) is 3.34. The van der Waals surface area contributed by atoms with Crippen LogP contribution < -0.4 is 5.56 Å². The third kappa shape index (κ3) is 3.11. The lowest BCUT2D eigenvalue weighted by atomic mass is 10.1. The second-order valence-electron chi connectivity index (χ2n) is 4.93. The first kappa shape index (κ1) is 16.4. The number of halogens is 2. The molecule has 0 aliphatic rings. The zero-order chi connectivity index (χ0) is 17.3. The van der Waals surface area contributed by atoms with Crippen LogP contribution in [0, 0.1) is 11.3 Å². The van der Waals surface area contributed by atoms with Crippen LogP contribution in [0.4, 0.5) is 0 Å². The highest BCUT2D eigenvalue weighted by Crippen LogP contribution is 2.34. The topological polar surface area (TPSA) is 89.8 Å². The Bertz CT molecular complexity index is 1060. The van der Waals surface area contributed by atoms with Crippen LogP contribution in [0.5, 0.6) is 5.75 Å². The van der Waals surface area contributed by atoms with Crippen LogP contribution >= 0.6 is 31.9 Å². The predicted octanol–water partition coefficient (Wildman–Crippen LogP) is 4.22.